The van der Waals surface area contributed by atoms with Crippen LogP contribution in [0.25, 0.3) is 0 Å². The highest BCUT2D eigenvalue weighted by Gasteiger charge is 2.28. The molecule has 21 heavy (non-hydrogen) atoms. The van der Waals surface area contributed by atoms with Crippen molar-refractivity contribution in [3.05, 3.63) is 23.4 Å². The number of nitrogen functional groups attached to an aromatic ring is 1. The number of piperazine rings is 1. The van der Waals surface area contributed by atoms with Gasteiger partial charge >= 0.3 is 0 Å². The number of nitrogens with zero attached hydrogens (tertiary/aromatic N) is 3. The summed E-state index contributed by atoms with van der Waals surface area (Å²) in [6.45, 7) is 12.0. The average molecular weight is 290 g/mol. The Morgan fingerprint density at radius 2 is 1.86 bits per heavy atom. The van der Waals surface area contributed by atoms with Gasteiger partial charge in [-0.1, -0.05) is 6.92 Å². The molecule has 1 aliphatic heterocycles. The summed E-state index contributed by atoms with van der Waals surface area (Å²) in [7, 11) is 0. The topological polar surface area (TPSA) is 62.5 Å². The molecule has 5 heteroatoms. The van der Waals surface area contributed by atoms with E-state index in [2.05, 4.69) is 30.7 Å². The molecule has 0 unspecified atom stereocenters. The number of aromatic nitrogens is 1. The highest BCUT2D eigenvalue weighted by atomic mass is 16.2. The molecular formula is C16H26N4O. The lowest BCUT2D eigenvalue weighted by Gasteiger charge is -2.42. The van der Waals surface area contributed by atoms with Gasteiger partial charge in [0.15, 0.2) is 0 Å². The van der Waals surface area contributed by atoms with Gasteiger partial charge in [-0.3, -0.25) is 9.69 Å². The Morgan fingerprint density at radius 1 is 1.24 bits per heavy atom. The fraction of sp³-hybridized carbons (Fsp3) is 0.625. The van der Waals surface area contributed by atoms with Crippen molar-refractivity contribution in [3.63, 3.8) is 0 Å². The molecule has 1 aliphatic rings. The number of carbonyl (C=O) groups excluding carboxylic acids is 1. The third kappa shape index (κ3) is 3.73. The van der Waals surface area contributed by atoms with E-state index in [4.69, 9.17) is 5.73 Å². The summed E-state index contributed by atoms with van der Waals surface area (Å²) in [6, 6.07) is 3.53. The number of anilines is 1. The molecule has 1 amide bonds. The number of nitrogens with two attached hydrogens (primary N) is 1. The van der Waals surface area contributed by atoms with E-state index in [0.29, 0.717) is 11.4 Å². The van der Waals surface area contributed by atoms with E-state index in [-0.39, 0.29) is 11.4 Å². The first-order chi connectivity index (χ1) is 9.81. The van der Waals surface area contributed by atoms with Crippen LogP contribution in [-0.4, -0.2) is 52.4 Å². The Balaban J connectivity index is 2.07. The Bertz CT molecular complexity index is 513. The van der Waals surface area contributed by atoms with Crippen LogP contribution in [0, 0.1) is 0 Å². The molecule has 0 aliphatic carbocycles. The molecule has 0 saturated carbocycles. The maximum atomic E-state index is 12.6. The fourth-order valence-electron chi connectivity index (χ4n) is 2.68. The molecule has 0 atom stereocenters. The van der Waals surface area contributed by atoms with Crippen LogP contribution in [0.3, 0.4) is 0 Å². The molecule has 1 fully saturated rings. The van der Waals surface area contributed by atoms with Gasteiger partial charge in [-0.15, -0.1) is 0 Å². The third-order valence-electron chi connectivity index (χ3n) is 4.02. The van der Waals surface area contributed by atoms with Crippen LogP contribution in [-0.2, 0) is 6.42 Å². The molecule has 0 spiro atoms. The van der Waals surface area contributed by atoms with Crippen LogP contribution in [0.5, 0.6) is 0 Å². The zero-order valence-electron chi connectivity index (χ0n) is 13.5. The number of carbonyl (C=O) groups is 1. The van der Waals surface area contributed by atoms with Gasteiger partial charge in [0, 0.05) is 43.0 Å². The maximum absolute atomic E-state index is 12.6. The van der Waals surface area contributed by atoms with Crippen molar-refractivity contribution >= 4 is 11.7 Å². The van der Waals surface area contributed by atoms with E-state index < -0.39 is 0 Å². The zero-order valence-corrected chi connectivity index (χ0v) is 13.5. The summed E-state index contributed by atoms with van der Waals surface area (Å²) in [5, 5.41) is 0. The second-order valence-corrected chi connectivity index (χ2v) is 6.58. The predicted octanol–water partition coefficient (Wildman–Crippen LogP) is 1.78. The Kier molecular flexibility index (Phi) is 4.52. The van der Waals surface area contributed by atoms with E-state index in [1.165, 1.54) is 0 Å². The summed E-state index contributed by atoms with van der Waals surface area (Å²) in [4.78, 5) is 21.1. The minimum absolute atomic E-state index is 0.0624. The molecule has 116 valence electrons. The number of hydrogen-bond donors (Lipinski definition) is 1. The van der Waals surface area contributed by atoms with Crippen molar-refractivity contribution in [2.75, 3.05) is 31.9 Å². The van der Waals surface area contributed by atoms with Gasteiger partial charge in [0.2, 0.25) is 0 Å². The van der Waals surface area contributed by atoms with Crippen LogP contribution in [0.4, 0.5) is 5.82 Å². The van der Waals surface area contributed by atoms with Crippen LogP contribution >= 0.6 is 0 Å². The smallest absolute Gasteiger partial charge is 0.254 e. The fourth-order valence-corrected chi connectivity index (χ4v) is 2.68. The standard InChI is InChI=1S/C16H26N4O/c1-5-13-10-12(11-14(17)18-13)15(21)19-6-8-20(9-7-19)16(2,3)4/h10-11H,5-9H2,1-4H3,(H2,17,18). The second-order valence-electron chi connectivity index (χ2n) is 6.58. The summed E-state index contributed by atoms with van der Waals surface area (Å²) >= 11 is 0. The van der Waals surface area contributed by atoms with E-state index >= 15 is 0 Å². The van der Waals surface area contributed by atoms with Gasteiger partial charge in [0.25, 0.3) is 5.91 Å². The Labute approximate surface area is 127 Å². The largest absolute Gasteiger partial charge is 0.384 e. The predicted molar refractivity (Wildman–Crippen MR) is 85.3 cm³/mol. The van der Waals surface area contributed by atoms with E-state index in [0.717, 1.165) is 38.3 Å². The molecule has 0 aromatic carbocycles. The van der Waals surface area contributed by atoms with Gasteiger partial charge in [-0.2, -0.15) is 0 Å². The minimum atomic E-state index is 0.0624. The minimum Gasteiger partial charge on any atom is -0.384 e. The number of hydrogen-bond acceptors (Lipinski definition) is 4. The number of pyridine rings is 1. The van der Waals surface area contributed by atoms with Crippen LogP contribution < -0.4 is 5.73 Å². The first-order valence-electron chi connectivity index (χ1n) is 7.62. The van der Waals surface area contributed by atoms with Crippen LogP contribution in [0.1, 0.15) is 43.7 Å². The van der Waals surface area contributed by atoms with Crippen molar-refractivity contribution in [1.82, 2.24) is 14.8 Å². The lowest BCUT2D eigenvalue weighted by Crippen LogP contribution is -2.54. The summed E-state index contributed by atoms with van der Waals surface area (Å²) < 4.78 is 0. The first-order valence-corrected chi connectivity index (χ1v) is 7.62. The third-order valence-corrected chi connectivity index (χ3v) is 4.02. The molecule has 2 heterocycles. The quantitative estimate of drug-likeness (QED) is 0.902. The lowest BCUT2D eigenvalue weighted by atomic mass is 10.0. The molecule has 1 saturated heterocycles. The Morgan fingerprint density at radius 3 is 2.38 bits per heavy atom. The lowest BCUT2D eigenvalue weighted by molar-refractivity contribution is 0.0451. The first kappa shape index (κ1) is 15.8. The van der Waals surface area contributed by atoms with Crippen LogP contribution in [0.15, 0.2) is 12.1 Å². The van der Waals surface area contributed by atoms with Crippen molar-refractivity contribution in [3.8, 4) is 0 Å². The Hall–Kier alpha value is -1.62. The highest BCUT2D eigenvalue weighted by Crippen LogP contribution is 2.18. The van der Waals surface area contributed by atoms with Gasteiger partial charge in [0.1, 0.15) is 5.82 Å². The SMILES string of the molecule is CCc1cc(C(=O)N2CCN(C(C)(C)C)CC2)cc(N)n1. The highest BCUT2D eigenvalue weighted by molar-refractivity contribution is 5.95. The number of amides is 1. The average Bonchev–Trinajstić information content (AvgIpc) is 2.45. The summed E-state index contributed by atoms with van der Waals surface area (Å²) in [6.07, 6.45) is 0.781. The van der Waals surface area contributed by atoms with Crippen molar-refractivity contribution in [2.45, 2.75) is 39.7 Å². The molecule has 1 aromatic heterocycles. The van der Waals surface area contributed by atoms with Gasteiger partial charge in [-0.25, -0.2) is 4.98 Å². The molecule has 1 aromatic rings. The molecule has 2 rings (SSSR count). The monoisotopic (exact) mass is 290 g/mol. The molecule has 5 nitrogen and oxygen atoms in total. The van der Waals surface area contributed by atoms with E-state index in [9.17, 15) is 4.79 Å². The summed E-state index contributed by atoms with van der Waals surface area (Å²) in [5.74, 6) is 0.485. The zero-order chi connectivity index (χ0) is 15.6. The van der Waals surface area contributed by atoms with Crippen molar-refractivity contribution in [1.29, 1.82) is 0 Å². The van der Waals surface area contributed by atoms with Crippen LogP contribution in [0.2, 0.25) is 0 Å². The number of rotatable bonds is 2. The van der Waals surface area contributed by atoms with E-state index in [1.54, 1.807) is 6.07 Å². The van der Waals surface area contributed by atoms with Crippen molar-refractivity contribution in [2.24, 2.45) is 0 Å². The number of aryl methyl sites for hydroxylation is 1. The molecule has 0 radical (unpaired) electrons. The molecular weight excluding hydrogens is 264 g/mol. The normalized spacial score (nSPS) is 17.0. The summed E-state index contributed by atoms with van der Waals surface area (Å²) in [5.41, 5.74) is 7.47. The van der Waals surface area contributed by atoms with E-state index in [1.807, 2.05) is 17.9 Å². The second kappa shape index (κ2) is 6.02. The molecule has 0 bridgehead atoms. The van der Waals surface area contributed by atoms with Gasteiger partial charge in [0.05, 0.1) is 0 Å². The molecule has 2 N–H and O–H groups in total. The van der Waals surface area contributed by atoms with Gasteiger partial charge < -0.3 is 10.6 Å². The van der Waals surface area contributed by atoms with Crippen molar-refractivity contribution < 1.29 is 4.79 Å². The maximum Gasteiger partial charge on any atom is 0.254 e. The van der Waals surface area contributed by atoms with Gasteiger partial charge in [-0.05, 0) is 39.3 Å².